The van der Waals surface area contributed by atoms with Crippen molar-refractivity contribution in [1.29, 1.82) is 0 Å². The molecule has 20 heavy (non-hydrogen) atoms. The van der Waals surface area contributed by atoms with E-state index in [0.29, 0.717) is 17.7 Å². The summed E-state index contributed by atoms with van der Waals surface area (Å²) in [6.45, 7) is 4.06. The molecule has 0 aliphatic heterocycles. The quantitative estimate of drug-likeness (QED) is 0.865. The van der Waals surface area contributed by atoms with Crippen LogP contribution < -0.4 is 5.32 Å². The van der Waals surface area contributed by atoms with Crippen LogP contribution in [0.3, 0.4) is 0 Å². The molecule has 0 unspecified atom stereocenters. The van der Waals surface area contributed by atoms with Gasteiger partial charge in [0.2, 0.25) is 0 Å². The number of hydrogen-bond acceptors (Lipinski definition) is 2. The van der Waals surface area contributed by atoms with E-state index in [2.05, 4.69) is 36.5 Å². The van der Waals surface area contributed by atoms with Crippen molar-refractivity contribution in [2.75, 3.05) is 5.32 Å². The number of nitrogens with one attached hydrogen (secondary N) is 1. The molecule has 1 aliphatic rings. The summed E-state index contributed by atoms with van der Waals surface area (Å²) in [5, 5.41) is 13.2. The Kier molecular flexibility index (Phi) is 3.39. The van der Waals surface area contributed by atoms with Crippen LogP contribution in [-0.2, 0) is 0 Å². The molecule has 2 heteroatoms. The molecule has 0 saturated heterocycles. The minimum atomic E-state index is 0.365. The van der Waals surface area contributed by atoms with Crippen molar-refractivity contribution in [3.05, 3.63) is 59.2 Å². The standard InChI is InChI=1S/C18H21NO/c1-12-4-3-5-14(8-12)15-9-17(10-15)19-16-7-6-13(2)18(20)11-16/h3-8,11,15,17,19-20H,9-10H2,1-2H3. The predicted octanol–water partition coefficient (Wildman–Crippen LogP) is 4.37. The Hall–Kier alpha value is -1.96. The summed E-state index contributed by atoms with van der Waals surface area (Å²) in [6, 6.07) is 15.1. The molecule has 0 atom stereocenters. The van der Waals surface area contributed by atoms with Crippen LogP contribution in [0.1, 0.15) is 35.4 Å². The molecule has 1 aliphatic carbocycles. The predicted molar refractivity (Wildman–Crippen MR) is 83.4 cm³/mol. The number of phenolic OH excluding ortho intramolecular Hbond substituents is 1. The number of rotatable bonds is 3. The third-order valence-corrected chi connectivity index (χ3v) is 4.23. The van der Waals surface area contributed by atoms with Crippen molar-refractivity contribution < 1.29 is 5.11 Å². The average Bonchev–Trinajstić information content (AvgIpc) is 2.37. The van der Waals surface area contributed by atoms with E-state index in [4.69, 9.17) is 0 Å². The van der Waals surface area contributed by atoms with Gasteiger partial charge >= 0.3 is 0 Å². The highest BCUT2D eigenvalue weighted by atomic mass is 16.3. The van der Waals surface area contributed by atoms with Crippen molar-refractivity contribution in [2.24, 2.45) is 0 Å². The number of anilines is 1. The first-order chi connectivity index (χ1) is 9.61. The van der Waals surface area contributed by atoms with Gasteiger partial charge in [0.15, 0.2) is 0 Å². The molecule has 0 radical (unpaired) electrons. The summed E-state index contributed by atoms with van der Waals surface area (Å²) in [6.07, 6.45) is 2.33. The molecule has 0 heterocycles. The van der Waals surface area contributed by atoms with Gasteiger partial charge in [-0.25, -0.2) is 0 Å². The van der Waals surface area contributed by atoms with Crippen LogP contribution in [0.15, 0.2) is 42.5 Å². The van der Waals surface area contributed by atoms with Crippen LogP contribution in [0.2, 0.25) is 0 Å². The molecule has 104 valence electrons. The van der Waals surface area contributed by atoms with Gasteiger partial charge in [-0.15, -0.1) is 0 Å². The van der Waals surface area contributed by atoms with Crippen molar-refractivity contribution in [3.8, 4) is 5.75 Å². The van der Waals surface area contributed by atoms with Gasteiger partial charge in [0, 0.05) is 17.8 Å². The topological polar surface area (TPSA) is 32.3 Å². The maximum atomic E-state index is 9.72. The molecule has 0 spiro atoms. The summed E-state index contributed by atoms with van der Waals surface area (Å²) in [5.74, 6) is 1.04. The van der Waals surface area contributed by atoms with E-state index in [-0.39, 0.29) is 0 Å². The van der Waals surface area contributed by atoms with E-state index in [1.165, 1.54) is 11.1 Å². The zero-order valence-electron chi connectivity index (χ0n) is 12.1. The number of benzene rings is 2. The Morgan fingerprint density at radius 1 is 1.05 bits per heavy atom. The Morgan fingerprint density at radius 3 is 2.55 bits per heavy atom. The van der Waals surface area contributed by atoms with Gasteiger partial charge in [0.05, 0.1) is 0 Å². The zero-order valence-corrected chi connectivity index (χ0v) is 12.1. The minimum absolute atomic E-state index is 0.365. The smallest absolute Gasteiger partial charge is 0.120 e. The van der Waals surface area contributed by atoms with Crippen LogP contribution in [-0.4, -0.2) is 11.1 Å². The first-order valence-electron chi connectivity index (χ1n) is 7.24. The fourth-order valence-corrected chi connectivity index (χ4v) is 2.87. The summed E-state index contributed by atoms with van der Waals surface area (Å²) in [5.41, 5.74) is 4.72. The van der Waals surface area contributed by atoms with E-state index in [1.807, 2.05) is 25.1 Å². The lowest BCUT2D eigenvalue weighted by molar-refractivity contribution is 0.374. The van der Waals surface area contributed by atoms with Crippen molar-refractivity contribution in [1.82, 2.24) is 0 Å². The van der Waals surface area contributed by atoms with Gasteiger partial charge in [-0.05, 0) is 49.8 Å². The van der Waals surface area contributed by atoms with Gasteiger partial charge in [-0.2, -0.15) is 0 Å². The second-order valence-corrected chi connectivity index (χ2v) is 5.92. The molecular formula is C18H21NO. The molecule has 2 aromatic carbocycles. The molecule has 2 aromatic rings. The van der Waals surface area contributed by atoms with E-state index < -0.39 is 0 Å². The summed E-state index contributed by atoms with van der Waals surface area (Å²) in [4.78, 5) is 0. The van der Waals surface area contributed by atoms with E-state index in [9.17, 15) is 5.11 Å². The first kappa shape index (κ1) is 13.0. The van der Waals surface area contributed by atoms with Crippen LogP contribution in [0.25, 0.3) is 0 Å². The molecule has 1 saturated carbocycles. The number of hydrogen-bond donors (Lipinski definition) is 2. The largest absolute Gasteiger partial charge is 0.508 e. The van der Waals surface area contributed by atoms with Crippen LogP contribution in [0.4, 0.5) is 5.69 Å². The Labute approximate surface area is 120 Å². The molecule has 1 fully saturated rings. The fourth-order valence-electron chi connectivity index (χ4n) is 2.87. The van der Waals surface area contributed by atoms with Crippen molar-refractivity contribution in [2.45, 2.75) is 38.6 Å². The molecule has 0 amide bonds. The van der Waals surface area contributed by atoms with Crippen molar-refractivity contribution in [3.63, 3.8) is 0 Å². The highest BCUT2D eigenvalue weighted by Gasteiger charge is 2.30. The van der Waals surface area contributed by atoms with E-state index in [0.717, 1.165) is 24.1 Å². The second kappa shape index (κ2) is 5.20. The van der Waals surface area contributed by atoms with Gasteiger partial charge in [-0.3, -0.25) is 0 Å². The zero-order chi connectivity index (χ0) is 14.1. The van der Waals surface area contributed by atoms with Crippen LogP contribution >= 0.6 is 0 Å². The average molecular weight is 267 g/mol. The lowest BCUT2D eigenvalue weighted by Gasteiger charge is -2.37. The fraction of sp³-hybridized carbons (Fsp3) is 0.333. The highest BCUT2D eigenvalue weighted by molar-refractivity contribution is 5.52. The third kappa shape index (κ3) is 2.64. The van der Waals surface area contributed by atoms with Crippen LogP contribution in [0.5, 0.6) is 5.75 Å². The second-order valence-electron chi connectivity index (χ2n) is 5.92. The third-order valence-electron chi connectivity index (χ3n) is 4.23. The normalized spacial score (nSPS) is 21.3. The van der Waals surface area contributed by atoms with E-state index >= 15 is 0 Å². The highest BCUT2D eigenvalue weighted by Crippen LogP contribution is 2.39. The number of aromatic hydroxyl groups is 1. The lowest BCUT2D eigenvalue weighted by Crippen LogP contribution is -2.34. The van der Waals surface area contributed by atoms with Gasteiger partial charge < -0.3 is 10.4 Å². The first-order valence-corrected chi connectivity index (χ1v) is 7.24. The minimum Gasteiger partial charge on any atom is -0.508 e. The van der Waals surface area contributed by atoms with Gasteiger partial charge in [0.25, 0.3) is 0 Å². The molecular weight excluding hydrogens is 246 g/mol. The molecule has 2 nitrogen and oxygen atoms in total. The summed E-state index contributed by atoms with van der Waals surface area (Å²) in [7, 11) is 0. The lowest BCUT2D eigenvalue weighted by atomic mass is 9.75. The van der Waals surface area contributed by atoms with Crippen LogP contribution in [0, 0.1) is 13.8 Å². The maximum Gasteiger partial charge on any atom is 0.120 e. The van der Waals surface area contributed by atoms with Crippen molar-refractivity contribution >= 4 is 5.69 Å². The van der Waals surface area contributed by atoms with E-state index in [1.54, 1.807) is 0 Å². The molecule has 0 aromatic heterocycles. The van der Waals surface area contributed by atoms with Gasteiger partial charge in [-0.1, -0.05) is 35.9 Å². The molecule has 2 N–H and O–H groups in total. The van der Waals surface area contributed by atoms with Gasteiger partial charge in [0.1, 0.15) is 5.75 Å². The SMILES string of the molecule is Cc1cccc(C2CC(Nc3ccc(C)c(O)c3)C2)c1. The number of aryl methyl sites for hydroxylation is 2. The maximum absolute atomic E-state index is 9.72. The number of phenols is 1. The monoisotopic (exact) mass is 267 g/mol. The Morgan fingerprint density at radius 2 is 1.85 bits per heavy atom. The summed E-state index contributed by atoms with van der Waals surface area (Å²) < 4.78 is 0. The Bertz CT molecular complexity index is 615. The Balaban J connectivity index is 1.59. The molecule has 0 bridgehead atoms. The molecule has 3 rings (SSSR count). The summed E-state index contributed by atoms with van der Waals surface area (Å²) >= 11 is 0.